The molecular formula is C9H14N6O2. The molecule has 17 heavy (non-hydrogen) atoms. The second kappa shape index (κ2) is 4.48. The molecule has 0 unspecified atom stereocenters. The van der Waals surface area contributed by atoms with Gasteiger partial charge in [0.25, 0.3) is 5.91 Å². The number of carbonyl (C=O) groups is 2. The van der Waals surface area contributed by atoms with Crippen LogP contribution in [0.25, 0.3) is 0 Å². The molecule has 2 heterocycles. The topological polar surface area (TPSA) is 93.0 Å². The third-order valence-corrected chi connectivity index (χ3v) is 2.52. The van der Waals surface area contributed by atoms with E-state index in [2.05, 4.69) is 20.8 Å². The standard InChI is InChI=1S/C9H14N6O2/c1-6(2)8-11-12-13-15(8)5-7(16)14-4-3-10-9(14)17/h6H,3-5H2,1-2H3,(H,10,17). The van der Waals surface area contributed by atoms with Gasteiger partial charge in [-0.15, -0.1) is 5.10 Å². The maximum absolute atomic E-state index is 11.8. The van der Waals surface area contributed by atoms with Gasteiger partial charge in [-0.25, -0.2) is 9.48 Å². The van der Waals surface area contributed by atoms with E-state index >= 15 is 0 Å². The van der Waals surface area contributed by atoms with Crippen LogP contribution in [0.4, 0.5) is 4.79 Å². The number of carbonyl (C=O) groups excluding carboxylic acids is 2. The van der Waals surface area contributed by atoms with Gasteiger partial charge in [0.15, 0.2) is 5.82 Å². The largest absolute Gasteiger partial charge is 0.336 e. The van der Waals surface area contributed by atoms with Crippen LogP contribution in [0.3, 0.4) is 0 Å². The number of urea groups is 1. The average Bonchev–Trinajstić information content (AvgIpc) is 2.86. The van der Waals surface area contributed by atoms with Crippen LogP contribution in [-0.2, 0) is 11.3 Å². The van der Waals surface area contributed by atoms with E-state index in [1.165, 1.54) is 9.58 Å². The molecule has 0 bridgehead atoms. The average molecular weight is 238 g/mol. The number of hydrogen-bond acceptors (Lipinski definition) is 5. The number of nitrogens with zero attached hydrogens (tertiary/aromatic N) is 5. The summed E-state index contributed by atoms with van der Waals surface area (Å²) in [5.74, 6) is 0.470. The summed E-state index contributed by atoms with van der Waals surface area (Å²) in [4.78, 5) is 24.3. The van der Waals surface area contributed by atoms with Gasteiger partial charge < -0.3 is 5.32 Å². The summed E-state index contributed by atoms with van der Waals surface area (Å²) in [6.07, 6.45) is 0. The Hall–Kier alpha value is -1.99. The zero-order valence-electron chi connectivity index (χ0n) is 9.75. The molecule has 1 aromatic heterocycles. The van der Waals surface area contributed by atoms with Crippen molar-refractivity contribution in [2.24, 2.45) is 0 Å². The first-order valence-electron chi connectivity index (χ1n) is 5.44. The number of imide groups is 1. The van der Waals surface area contributed by atoms with E-state index in [0.29, 0.717) is 18.9 Å². The molecule has 1 aromatic rings. The Labute approximate surface area is 98.0 Å². The summed E-state index contributed by atoms with van der Waals surface area (Å²) < 4.78 is 1.43. The van der Waals surface area contributed by atoms with Crippen LogP contribution in [0.15, 0.2) is 0 Å². The van der Waals surface area contributed by atoms with Crippen LogP contribution < -0.4 is 5.32 Å². The van der Waals surface area contributed by atoms with Gasteiger partial charge in [0, 0.05) is 19.0 Å². The molecule has 8 nitrogen and oxygen atoms in total. The first kappa shape index (κ1) is 11.5. The zero-order valence-corrected chi connectivity index (χ0v) is 9.75. The minimum Gasteiger partial charge on any atom is -0.336 e. The normalized spacial score (nSPS) is 15.5. The van der Waals surface area contributed by atoms with E-state index in [4.69, 9.17) is 0 Å². The molecule has 0 spiro atoms. The first-order valence-corrected chi connectivity index (χ1v) is 5.44. The summed E-state index contributed by atoms with van der Waals surface area (Å²) in [5.41, 5.74) is 0. The Morgan fingerprint density at radius 1 is 1.53 bits per heavy atom. The monoisotopic (exact) mass is 238 g/mol. The predicted molar refractivity (Wildman–Crippen MR) is 57.0 cm³/mol. The van der Waals surface area contributed by atoms with Crippen molar-refractivity contribution in [2.75, 3.05) is 13.1 Å². The summed E-state index contributed by atoms with van der Waals surface area (Å²) in [5, 5.41) is 13.7. The summed E-state index contributed by atoms with van der Waals surface area (Å²) >= 11 is 0. The number of nitrogens with one attached hydrogen (secondary N) is 1. The van der Waals surface area contributed by atoms with Crippen molar-refractivity contribution in [3.05, 3.63) is 5.82 Å². The van der Waals surface area contributed by atoms with Crippen LogP contribution in [0.5, 0.6) is 0 Å². The van der Waals surface area contributed by atoms with Crippen LogP contribution in [0.2, 0.25) is 0 Å². The molecule has 1 N–H and O–H groups in total. The zero-order chi connectivity index (χ0) is 12.4. The minimum absolute atomic E-state index is 0.00602. The number of amides is 3. The summed E-state index contributed by atoms with van der Waals surface area (Å²) in [7, 11) is 0. The molecule has 92 valence electrons. The fourth-order valence-electron chi connectivity index (χ4n) is 1.66. The van der Waals surface area contributed by atoms with Crippen LogP contribution in [0.1, 0.15) is 25.6 Å². The van der Waals surface area contributed by atoms with Crippen LogP contribution >= 0.6 is 0 Å². The fraction of sp³-hybridized carbons (Fsp3) is 0.667. The van der Waals surface area contributed by atoms with Crippen molar-refractivity contribution >= 4 is 11.9 Å². The molecule has 0 aliphatic carbocycles. The van der Waals surface area contributed by atoms with E-state index in [1.54, 1.807) is 0 Å². The van der Waals surface area contributed by atoms with Gasteiger partial charge in [-0.3, -0.25) is 9.69 Å². The summed E-state index contributed by atoms with van der Waals surface area (Å²) in [6, 6.07) is -0.353. The van der Waals surface area contributed by atoms with Crippen LogP contribution in [0, 0.1) is 0 Å². The van der Waals surface area contributed by atoms with Crippen molar-refractivity contribution < 1.29 is 9.59 Å². The number of hydrogen-bond donors (Lipinski definition) is 1. The third-order valence-electron chi connectivity index (χ3n) is 2.52. The van der Waals surface area contributed by atoms with Crippen molar-refractivity contribution in [1.82, 2.24) is 30.4 Å². The molecule has 0 atom stereocenters. The molecule has 0 radical (unpaired) electrons. The van der Waals surface area contributed by atoms with Gasteiger partial charge in [-0.1, -0.05) is 13.8 Å². The maximum Gasteiger partial charge on any atom is 0.324 e. The number of rotatable bonds is 3. The lowest BCUT2D eigenvalue weighted by molar-refractivity contribution is -0.128. The number of tetrazole rings is 1. The minimum atomic E-state index is -0.353. The molecular weight excluding hydrogens is 224 g/mol. The lowest BCUT2D eigenvalue weighted by atomic mass is 10.2. The third kappa shape index (κ3) is 2.24. The highest BCUT2D eigenvalue weighted by Gasteiger charge is 2.27. The quantitative estimate of drug-likeness (QED) is 0.755. The van der Waals surface area contributed by atoms with Crippen molar-refractivity contribution in [2.45, 2.75) is 26.3 Å². The van der Waals surface area contributed by atoms with Gasteiger partial charge >= 0.3 is 6.03 Å². The second-order valence-corrected chi connectivity index (χ2v) is 4.13. The Morgan fingerprint density at radius 3 is 2.88 bits per heavy atom. The van der Waals surface area contributed by atoms with Crippen molar-refractivity contribution in [3.63, 3.8) is 0 Å². The first-order chi connectivity index (χ1) is 8.09. The molecule has 1 fully saturated rings. The molecule has 1 aliphatic rings. The predicted octanol–water partition coefficient (Wildman–Crippen LogP) is -0.652. The molecule has 0 saturated carbocycles. The van der Waals surface area contributed by atoms with E-state index in [9.17, 15) is 9.59 Å². The second-order valence-electron chi connectivity index (χ2n) is 4.13. The Kier molecular flexibility index (Phi) is 3.03. The smallest absolute Gasteiger partial charge is 0.324 e. The highest BCUT2D eigenvalue weighted by Crippen LogP contribution is 2.09. The van der Waals surface area contributed by atoms with Crippen molar-refractivity contribution in [3.8, 4) is 0 Å². The SMILES string of the molecule is CC(C)c1nnnn1CC(=O)N1CCNC1=O. The van der Waals surface area contributed by atoms with Gasteiger partial charge in [0.2, 0.25) is 0 Å². The Morgan fingerprint density at radius 2 is 2.29 bits per heavy atom. The molecule has 0 aromatic carbocycles. The van der Waals surface area contributed by atoms with E-state index in [-0.39, 0.29) is 24.4 Å². The van der Waals surface area contributed by atoms with Gasteiger partial charge in [-0.2, -0.15) is 0 Å². The van der Waals surface area contributed by atoms with Gasteiger partial charge in [-0.05, 0) is 10.4 Å². The highest BCUT2D eigenvalue weighted by molar-refractivity contribution is 5.95. The fourth-order valence-corrected chi connectivity index (χ4v) is 1.66. The van der Waals surface area contributed by atoms with Gasteiger partial charge in [0.05, 0.1) is 0 Å². The maximum atomic E-state index is 11.8. The molecule has 1 saturated heterocycles. The lowest BCUT2D eigenvalue weighted by Gasteiger charge is -2.12. The highest BCUT2D eigenvalue weighted by atomic mass is 16.2. The Bertz CT molecular complexity index is 440. The van der Waals surface area contributed by atoms with Crippen molar-refractivity contribution in [1.29, 1.82) is 0 Å². The Balaban J connectivity index is 2.07. The summed E-state index contributed by atoms with van der Waals surface area (Å²) in [6.45, 7) is 4.77. The molecule has 3 amide bonds. The van der Waals surface area contributed by atoms with Gasteiger partial charge in [0.1, 0.15) is 6.54 Å². The van der Waals surface area contributed by atoms with Crippen LogP contribution in [-0.4, -0.2) is 50.1 Å². The molecule has 2 rings (SSSR count). The van der Waals surface area contributed by atoms with E-state index in [0.717, 1.165) is 0 Å². The molecule has 8 heteroatoms. The number of aromatic nitrogens is 4. The molecule has 1 aliphatic heterocycles. The van der Waals surface area contributed by atoms with E-state index < -0.39 is 0 Å². The van der Waals surface area contributed by atoms with E-state index in [1.807, 2.05) is 13.8 Å². The lowest BCUT2D eigenvalue weighted by Crippen LogP contribution is -2.37.